The van der Waals surface area contributed by atoms with Crippen LogP contribution in [0.25, 0.3) is 0 Å². The summed E-state index contributed by atoms with van der Waals surface area (Å²) in [5.41, 5.74) is 1.82. The van der Waals surface area contributed by atoms with E-state index in [9.17, 15) is 4.79 Å². The summed E-state index contributed by atoms with van der Waals surface area (Å²) in [6.45, 7) is 10.4. The number of benzene rings is 2. The third kappa shape index (κ3) is 6.04. The monoisotopic (exact) mass is 472 g/mol. The van der Waals surface area contributed by atoms with Gasteiger partial charge in [-0.25, -0.2) is 0 Å². The number of carbonyl (C=O) groups excluding carboxylic acids is 1. The summed E-state index contributed by atoms with van der Waals surface area (Å²) >= 11 is 7.33. The zero-order valence-electron chi connectivity index (χ0n) is 19.0. The van der Waals surface area contributed by atoms with Gasteiger partial charge in [-0.3, -0.25) is 4.79 Å². The molecule has 1 unspecified atom stereocenters. The van der Waals surface area contributed by atoms with Crippen LogP contribution < -0.4 is 10.1 Å². The number of ether oxygens (including phenoxy) is 1. The number of anilines is 1. The second-order valence-corrected chi connectivity index (χ2v) is 9.48. The summed E-state index contributed by atoms with van der Waals surface area (Å²) in [6.07, 6.45) is -0.292. The highest BCUT2D eigenvalue weighted by Gasteiger charge is 2.23. The lowest BCUT2D eigenvalue weighted by Crippen LogP contribution is -2.17. The molecule has 0 radical (unpaired) electrons. The van der Waals surface area contributed by atoms with Crippen molar-refractivity contribution in [3.05, 3.63) is 64.9 Å². The van der Waals surface area contributed by atoms with E-state index in [4.69, 9.17) is 16.3 Å². The van der Waals surface area contributed by atoms with Crippen LogP contribution in [0.3, 0.4) is 0 Å². The molecule has 1 atom stereocenters. The molecule has 2 aromatic carbocycles. The third-order valence-electron chi connectivity index (χ3n) is 4.86. The number of hydrogen-bond acceptors (Lipinski definition) is 5. The molecule has 32 heavy (non-hydrogen) atoms. The van der Waals surface area contributed by atoms with Gasteiger partial charge in [0.15, 0.2) is 17.1 Å². The number of carbonyl (C=O) groups is 1. The van der Waals surface area contributed by atoms with Gasteiger partial charge in [-0.15, -0.1) is 10.2 Å². The van der Waals surface area contributed by atoms with E-state index < -0.39 is 0 Å². The fourth-order valence-electron chi connectivity index (χ4n) is 3.35. The molecule has 0 aliphatic carbocycles. The number of nitrogens with one attached hydrogen (secondary N) is 1. The van der Waals surface area contributed by atoms with Crippen molar-refractivity contribution in [3.63, 3.8) is 0 Å². The molecule has 3 rings (SSSR count). The van der Waals surface area contributed by atoms with E-state index in [0.717, 1.165) is 17.1 Å². The first-order chi connectivity index (χ1) is 15.3. The molecule has 0 aliphatic rings. The van der Waals surface area contributed by atoms with Crippen LogP contribution in [0, 0.1) is 0 Å². The van der Waals surface area contributed by atoms with Crippen molar-refractivity contribution in [2.24, 2.45) is 0 Å². The minimum Gasteiger partial charge on any atom is -0.482 e. The van der Waals surface area contributed by atoms with Gasteiger partial charge in [0.05, 0.1) is 5.75 Å². The molecule has 0 saturated carbocycles. The van der Waals surface area contributed by atoms with Crippen molar-refractivity contribution in [1.29, 1.82) is 0 Å². The van der Waals surface area contributed by atoms with E-state index in [2.05, 4.69) is 49.3 Å². The molecule has 0 bridgehead atoms. The zero-order valence-corrected chi connectivity index (χ0v) is 20.6. The fraction of sp³-hybridized carbons (Fsp3) is 0.375. The lowest BCUT2D eigenvalue weighted by Gasteiger charge is -2.21. The van der Waals surface area contributed by atoms with Crippen molar-refractivity contribution in [2.75, 3.05) is 11.1 Å². The van der Waals surface area contributed by atoms with Crippen LogP contribution in [0.5, 0.6) is 5.75 Å². The molecule has 0 fully saturated rings. The average Bonchev–Trinajstić information content (AvgIpc) is 3.17. The van der Waals surface area contributed by atoms with Crippen molar-refractivity contribution in [3.8, 4) is 5.75 Å². The Morgan fingerprint density at radius 1 is 1.09 bits per heavy atom. The van der Waals surface area contributed by atoms with Crippen LogP contribution in [0.1, 0.15) is 64.1 Å². The summed E-state index contributed by atoms with van der Waals surface area (Å²) < 4.78 is 8.32. The van der Waals surface area contributed by atoms with Crippen LogP contribution >= 0.6 is 23.4 Å². The zero-order chi connectivity index (χ0) is 23.3. The van der Waals surface area contributed by atoms with E-state index in [1.165, 1.54) is 11.8 Å². The topological polar surface area (TPSA) is 69.0 Å². The Morgan fingerprint density at radius 3 is 2.53 bits per heavy atom. The number of amides is 1. The van der Waals surface area contributed by atoms with Gasteiger partial charge in [0, 0.05) is 16.8 Å². The van der Waals surface area contributed by atoms with Gasteiger partial charge in [-0.2, -0.15) is 0 Å². The fourth-order valence-corrected chi connectivity index (χ4v) is 4.42. The number of halogens is 1. The largest absolute Gasteiger partial charge is 0.482 e. The Balaban J connectivity index is 1.72. The Hall–Kier alpha value is -2.51. The van der Waals surface area contributed by atoms with Crippen molar-refractivity contribution < 1.29 is 9.53 Å². The molecule has 170 valence electrons. The van der Waals surface area contributed by atoms with Crippen molar-refractivity contribution in [1.82, 2.24) is 14.8 Å². The number of nitrogens with zero attached hydrogens (tertiary/aromatic N) is 3. The van der Waals surface area contributed by atoms with Crippen LogP contribution in [-0.2, 0) is 4.79 Å². The maximum Gasteiger partial charge on any atom is 0.234 e. The third-order valence-corrected chi connectivity index (χ3v) is 6.03. The highest BCUT2D eigenvalue weighted by Crippen LogP contribution is 2.32. The standard InChI is InChI=1S/C24H29ClN4O2S/c1-15(2)20-11-6-7-12-21(20)31-17(5)23-27-28-24(29(23)16(3)4)32-14-22(30)26-19-10-8-9-18(25)13-19/h6-13,15-17H,14H2,1-5H3,(H,26,30). The molecule has 3 aromatic rings. The Bertz CT molecular complexity index is 1070. The second kappa shape index (κ2) is 10.9. The SMILES string of the molecule is CC(C)c1ccccc1OC(C)c1nnc(SCC(=O)Nc2cccc(Cl)c2)n1C(C)C. The first-order valence-electron chi connectivity index (χ1n) is 10.6. The number of rotatable bonds is 9. The minimum atomic E-state index is -0.292. The van der Waals surface area contributed by atoms with Gasteiger partial charge in [0.2, 0.25) is 5.91 Å². The lowest BCUT2D eigenvalue weighted by atomic mass is 10.0. The maximum absolute atomic E-state index is 12.4. The number of aromatic nitrogens is 3. The molecule has 0 saturated heterocycles. The summed E-state index contributed by atoms with van der Waals surface area (Å²) in [5.74, 6) is 2.01. The van der Waals surface area contributed by atoms with E-state index in [0.29, 0.717) is 21.8 Å². The van der Waals surface area contributed by atoms with E-state index in [-0.39, 0.29) is 23.8 Å². The molecule has 8 heteroatoms. The lowest BCUT2D eigenvalue weighted by molar-refractivity contribution is -0.113. The molecular weight excluding hydrogens is 444 g/mol. The van der Waals surface area contributed by atoms with Crippen LogP contribution in [0.15, 0.2) is 53.7 Å². The summed E-state index contributed by atoms with van der Waals surface area (Å²) in [6, 6.07) is 15.3. The maximum atomic E-state index is 12.4. The highest BCUT2D eigenvalue weighted by molar-refractivity contribution is 7.99. The van der Waals surface area contributed by atoms with Gasteiger partial charge in [-0.1, -0.05) is 61.5 Å². The Kier molecular flexibility index (Phi) is 8.21. The first kappa shape index (κ1) is 24.1. The molecular formula is C24H29ClN4O2S. The molecule has 1 N–H and O–H groups in total. The molecule has 1 aromatic heterocycles. The second-order valence-electron chi connectivity index (χ2n) is 8.10. The van der Waals surface area contributed by atoms with Crippen molar-refractivity contribution in [2.45, 2.75) is 57.8 Å². The number of thioether (sulfide) groups is 1. The average molecular weight is 473 g/mol. The predicted octanol–water partition coefficient (Wildman–Crippen LogP) is 6.51. The quantitative estimate of drug-likeness (QED) is 0.359. The van der Waals surface area contributed by atoms with E-state index >= 15 is 0 Å². The first-order valence-corrected chi connectivity index (χ1v) is 12.0. The minimum absolute atomic E-state index is 0.116. The van der Waals surface area contributed by atoms with Gasteiger partial charge in [0.1, 0.15) is 5.75 Å². The van der Waals surface area contributed by atoms with E-state index in [1.54, 1.807) is 24.3 Å². The summed E-state index contributed by atoms with van der Waals surface area (Å²) in [4.78, 5) is 12.4. The van der Waals surface area contributed by atoms with Crippen molar-refractivity contribution >= 4 is 35.0 Å². The highest BCUT2D eigenvalue weighted by atomic mass is 35.5. The molecule has 6 nitrogen and oxygen atoms in total. The molecule has 0 spiro atoms. The summed E-state index contributed by atoms with van der Waals surface area (Å²) in [7, 11) is 0. The van der Waals surface area contributed by atoms with E-state index in [1.807, 2.05) is 29.7 Å². The number of para-hydroxylation sites is 1. The molecule has 0 aliphatic heterocycles. The predicted molar refractivity (Wildman–Crippen MR) is 131 cm³/mol. The Morgan fingerprint density at radius 2 is 1.84 bits per heavy atom. The molecule has 1 amide bonds. The van der Waals surface area contributed by atoms with Crippen LogP contribution in [-0.4, -0.2) is 26.4 Å². The van der Waals surface area contributed by atoms with Crippen LogP contribution in [0.2, 0.25) is 5.02 Å². The summed E-state index contributed by atoms with van der Waals surface area (Å²) in [5, 5.41) is 12.9. The van der Waals surface area contributed by atoms with Gasteiger partial charge < -0.3 is 14.6 Å². The van der Waals surface area contributed by atoms with Crippen LogP contribution in [0.4, 0.5) is 5.69 Å². The van der Waals surface area contributed by atoms with Gasteiger partial charge >= 0.3 is 0 Å². The van der Waals surface area contributed by atoms with Gasteiger partial charge in [-0.05, 0) is 56.5 Å². The normalized spacial score (nSPS) is 12.2. The Labute approximate surface area is 198 Å². The smallest absolute Gasteiger partial charge is 0.234 e. The molecule has 1 heterocycles. The number of hydrogen-bond donors (Lipinski definition) is 1. The van der Waals surface area contributed by atoms with Gasteiger partial charge in [0.25, 0.3) is 0 Å².